The molecule has 2 rings (SSSR count). The molecule has 0 spiro atoms. The van der Waals surface area contributed by atoms with Crippen LogP contribution in [-0.4, -0.2) is 51.6 Å². The predicted octanol–water partition coefficient (Wildman–Crippen LogP) is 0.694. The lowest BCUT2D eigenvalue weighted by atomic mass is 10.2. The van der Waals surface area contributed by atoms with Crippen LogP contribution in [-0.2, 0) is 24.2 Å². The Labute approximate surface area is 144 Å². The van der Waals surface area contributed by atoms with Crippen LogP contribution in [0.2, 0.25) is 0 Å². The van der Waals surface area contributed by atoms with Gasteiger partial charge in [-0.3, -0.25) is 4.79 Å². The first-order chi connectivity index (χ1) is 11.8. The van der Waals surface area contributed by atoms with Gasteiger partial charge >= 0.3 is 5.97 Å². The highest BCUT2D eigenvalue weighted by atomic mass is 32.2. The number of benzene rings is 1. The molecule has 1 N–H and O–H groups in total. The molecule has 0 radical (unpaired) electrons. The van der Waals surface area contributed by atoms with Crippen LogP contribution in [0.5, 0.6) is 5.75 Å². The summed E-state index contributed by atoms with van der Waals surface area (Å²) in [4.78, 5) is 23.2. The highest BCUT2D eigenvalue weighted by Gasteiger charge is 2.28. The van der Waals surface area contributed by atoms with E-state index in [1.54, 1.807) is 6.07 Å². The fourth-order valence-electron chi connectivity index (χ4n) is 2.31. The number of ether oxygens (including phenoxy) is 2. The van der Waals surface area contributed by atoms with Gasteiger partial charge in [-0.25, -0.2) is 17.6 Å². The number of halogens is 1. The van der Waals surface area contributed by atoms with Gasteiger partial charge < -0.3 is 14.8 Å². The number of hydrogen-bond donors (Lipinski definition) is 1. The first-order valence-electron chi connectivity index (χ1n) is 7.47. The zero-order chi connectivity index (χ0) is 18.4. The number of esters is 1. The molecule has 25 heavy (non-hydrogen) atoms. The van der Waals surface area contributed by atoms with Gasteiger partial charge in [0.25, 0.3) is 5.91 Å². The average Bonchev–Trinajstić information content (AvgIpc) is 2.89. The molecule has 9 heteroatoms. The Morgan fingerprint density at radius 2 is 2.16 bits per heavy atom. The van der Waals surface area contributed by atoms with Gasteiger partial charge in [-0.1, -0.05) is 6.07 Å². The Balaban J connectivity index is 1.78. The van der Waals surface area contributed by atoms with Gasteiger partial charge in [0.05, 0.1) is 18.6 Å². The van der Waals surface area contributed by atoms with Crippen molar-refractivity contribution in [3.8, 4) is 5.75 Å². The third-order valence-corrected chi connectivity index (χ3v) is 5.30. The molecule has 1 amide bonds. The average molecular weight is 371 g/mol. The van der Waals surface area contributed by atoms with Crippen LogP contribution in [0.3, 0.4) is 0 Å². The van der Waals surface area contributed by atoms with Crippen LogP contribution in [0.4, 0.5) is 4.39 Å². The molecule has 0 saturated carbocycles. The summed E-state index contributed by atoms with van der Waals surface area (Å²) < 4.78 is 45.6. The fourth-order valence-corrected chi connectivity index (χ4v) is 3.99. The summed E-state index contributed by atoms with van der Waals surface area (Å²) >= 11 is 0. The fraction of sp³-hybridized carbons (Fsp3) is 0.375. The van der Waals surface area contributed by atoms with Crippen molar-refractivity contribution in [2.45, 2.75) is 12.5 Å². The van der Waals surface area contributed by atoms with E-state index in [1.165, 1.54) is 25.3 Å². The summed E-state index contributed by atoms with van der Waals surface area (Å²) in [5.74, 6) is -1.88. The number of carbonyl (C=O) groups excluding carboxylic acids is 2. The maximum atomic E-state index is 13.5. The predicted molar refractivity (Wildman–Crippen MR) is 88.1 cm³/mol. The minimum absolute atomic E-state index is 0.0406. The zero-order valence-corrected chi connectivity index (χ0v) is 14.3. The van der Waals surface area contributed by atoms with Crippen molar-refractivity contribution in [1.29, 1.82) is 0 Å². The maximum absolute atomic E-state index is 13.5. The van der Waals surface area contributed by atoms with E-state index in [4.69, 9.17) is 9.47 Å². The Morgan fingerprint density at radius 3 is 2.76 bits per heavy atom. The Morgan fingerprint density at radius 1 is 1.40 bits per heavy atom. The SMILES string of the molecule is COc1ccc(/C=C/C(=O)OCC(=O)N[C@@H]2CCS(=O)(=O)C2)cc1F. The number of sulfone groups is 1. The zero-order valence-electron chi connectivity index (χ0n) is 13.5. The molecule has 1 saturated heterocycles. The molecule has 136 valence electrons. The molecule has 1 fully saturated rings. The Bertz CT molecular complexity index is 790. The quantitative estimate of drug-likeness (QED) is 0.584. The maximum Gasteiger partial charge on any atom is 0.331 e. The van der Waals surface area contributed by atoms with Crippen molar-refractivity contribution in [1.82, 2.24) is 5.32 Å². The second kappa shape index (κ2) is 8.11. The number of carbonyl (C=O) groups is 2. The van der Waals surface area contributed by atoms with Gasteiger partial charge in [0, 0.05) is 12.1 Å². The van der Waals surface area contributed by atoms with Crippen LogP contribution < -0.4 is 10.1 Å². The molecule has 1 aromatic rings. The lowest BCUT2D eigenvalue weighted by Gasteiger charge is -2.10. The Hall–Kier alpha value is -2.42. The van der Waals surface area contributed by atoms with E-state index in [1.807, 2.05) is 0 Å². The highest BCUT2D eigenvalue weighted by molar-refractivity contribution is 7.91. The molecule has 1 heterocycles. The van der Waals surface area contributed by atoms with Crippen molar-refractivity contribution in [2.24, 2.45) is 0 Å². The van der Waals surface area contributed by atoms with Crippen molar-refractivity contribution >= 4 is 27.8 Å². The molecule has 0 aromatic heterocycles. The van der Waals surface area contributed by atoms with Gasteiger partial charge in [0.15, 0.2) is 28.0 Å². The number of nitrogens with one attached hydrogen (secondary N) is 1. The van der Waals surface area contributed by atoms with E-state index < -0.39 is 40.2 Å². The molecule has 1 aliphatic heterocycles. The summed E-state index contributed by atoms with van der Waals surface area (Å²) in [6.07, 6.45) is 2.76. The smallest absolute Gasteiger partial charge is 0.331 e. The molecule has 0 bridgehead atoms. The third-order valence-electron chi connectivity index (χ3n) is 3.53. The van der Waals surface area contributed by atoms with Gasteiger partial charge in [-0.05, 0) is 30.2 Å². The highest BCUT2D eigenvalue weighted by Crippen LogP contribution is 2.18. The summed E-state index contributed by atoms with van der Waals surface area (Å²) in [5.41, 5.74) is 0.427. The normalized spacial score (nSPS) is 18.9. The molecule has 0 unspecified atom stereocenters. The van der Waals surface area contributed by atoms with Crippen LogP contribution >= 0.6 is 0 Å². The topological polar surface area (TPSA) is 98.8 Å². The van der Waals surface area contributed by atoms with E-state index in [9.17, 15) is 22.4 Å². The number of methoxy groups -OCH3 is 1. The molecule has 7 nitrogen and oxygen atoms in total. The third kappa shape index (κ3) is 5.86. The summed E-state index contributed by atoms with van der Waals surface area (Å²) in [6, 6.07) is 3.71. The van der Waals surface area contributed by atoms with Crippen molar-refractivity contribution in [2.75, 3.05) is 25.2 Å². The molecule has 0 aliphatic carbocycles. The monoisotopic (exact) mass is 371 g/mol. The van der Waals surface area contributed by atoms with E-state index in [0.29, 0.717) is 12.0 Å². The molecule has 1 aliphatic rings. The molecular formula is C16H18FNO6S. The van der Waals surface area contributed by atoms with E-state index in [0.717, 1.165) is 6.08 Å². The standard InChI is InChI=1S/C16H18FNO6S/c1-23-14-4-2-11(8-13(14)17)3-5-16(20)24-9-15(19)18-12-6-7-25(21,22)10-12/h2-5,8,12H,6-7,9-10H2,1H3,(H,18,19)/b5-3+/t12-/m1/s1. The number of amides is 1. The summed E-state index contributed by atoms with van der Waals surface area (Å²) in [6.45, 7) is -0.517. The molecule has 1 aromatic carbocycles. The Kier molecular flexibility index (Phi) is 6.13. The number of hydrogen-bond acceptors (Lipinski definition) is 6. The van der Waals surface area contributed by atoms with E-state index in [-0.39, 0.29) is 17.3 Å². The van der Waals surface area contributed by atoms with Crippen LogP contribution in [0, 0.1) is 5.82 Å². The van der Waals surface area contributed by atoms with E-state index >= 15 is 0 Å². The van der Waals surface area contributed by atoms with E-state index in [2.05, 4.69) is 5.32 Å². The first kappa shape index (κ1) is 18.9. The largest absolute Gasteiger partial charge is 0.494 e. The summed E-state index contributed by atoms with van der Waals surface area (Å²) in [5, 5.41) is 2.50. The second-order valence-corrected chi connectivity index (χ2v) is 7.73. The molecular weight excluding hydrogens is 353 g/mol. The van der Waals surface area contributed by atoms with Gasteiger partial charge in [0.1, 0.15) is 0 Å². The lowest BCUT2D eigenvalue weighted by molar-refractivity contribution is -0.143. The van der Waals surface area contributed by atoms with Crippen LogP contribution in [0.25, 0.3) is 6.08 Å². The minimum atomic E-state index is -3.09. The molecule has 1 atom stereocenters. The first-order valence-corrected chi connectivity index (χ1v) is 9.29. The van der Waals surface area contributed by atoms with Gasteiger partial charge in [-0.2, -0.15) is 0 Å². The minimum Gasteiger partial charge on any atom is -0.494 e. The van der Waals surface area contributed by atoms with Crippen LogP contribution in [0.1, 0.15) is 12.0 Å². The van der Waals surface area contributed by atoms with Crippen molar-refractivity contribution < 1.29 is 31.9 Å². The van der Waals surface area contributed by atoms with Gasteiger partial charge in [0.2, 0.25) is 0 Å². The van der Waals surface area contributed by atoms with Crippen molar-refractivity contribution in [3.63, 3.8) is 0 Å². The second-order valence-electron chi connectivity index (χ2n) is 5.50. The van der Waals surface area contributed by atoms with Gasteiger partial charge in [-0.15, -0.1) is 0 Å². The number of rotatable bonds is 6. The summed E-state index contributed by atoms with van der Waals surface area (Å²) in [7, 11) is -1.75. The van der Waals surface area contributed by atoms with Crippen molar-refractivity contribution in [3.05, 3.63) is 35.7 Å². The van der Waals surface area contributed by atoms with Crippen LogP contribution in [0.15, 0.2) is 24.3 Å². The lowest BCUT2D eigenvalue weighted by Crippen LogP contribution is -2.38.